The lowest BCUT2D eigenvalue weighted by Gasteiger charge is -2.21. The molecule has 5 rings (SSSR count). The molecule has 10 heteroatoms. The van der Waals surface area contributed by atoms with Gasteiger partial charge in [0.1, 0.15) is 0 Å². The molecule has 3 aromatic heterocycles. The van der Waals surface area contributed by atoms with E-state index in [1.807, 2.05) is 0 Å². The molecule has 30 heavy (non-hydrogen) atoms. The highest BCUT2D eigenvalue weighted by Gasteiger charge is 2.28. The van der Waals surface area contributed by atoms with Gasteiger partial charge in [-0.25, -0.2) is 22.7 Å². The maximum atomic E-state index is 13.3. The van der Waals surface area contributed by atoms with E-state index in [9.17, 15) is 13.2 Å². The molecule has 1 aliphatic rings. The molecule has 0 unspecified atom stereocenters. The number of benzene rings is 1. The number of hydrogen-bond acceptors (Lipinski definition) is 7. The molecule has 0 aliphatic heterocycles. The quantitative estimate of drug-likeness (QED) is 0.457. The summed E-state index contributed by atoms with van der Waals surface area (Å²) in [6.07, 6.45) is 5.59. The Kier molecular flexibility index (Phi) is 4.92. The van der Waals surface area contributed by atoms with Crippen LogP contribution in [0, 0.1) is 0 Å². The molecular weight excluding hydrogens is 440 g/mol. The van der Waals surface area contributed by atoms with Crippen LogP contribution >= 0.6 is 22.7 Å². The summed E-state index contributed by atoms with van der Waals surface area (Å²) in [6, 6.07) is 9.67. The minimum Gasteiger partial charge on any atom is -0.269 e. The minimum atomic E-state index is -3.85. The molecule has 1 aromatic carbocycles. The molecule has 0 spiro atoms. The average Bonchev–Trinajstić information content (AvgIpc) is 3.40. The second-order valence-electron chi connectivity index (χ2n) is 7.02. The van der Waals surface area contributed by atoms with Crippen LogP contribution in [-0.4, -0.2) is 22.8 Å². The Bertz CT molecular complexity index is 1360. The van der Waals surface area contributed by atoms with E-state index in [-0.39, 0.29) is 17.0 Å². The molecule has 0 fully saturated rings. The average molecular weight is 459 g/mol. The third-order valence-electron chi connectivity index (χ3n) is 5.08. The Morgan fingerprint density at radius 2 is 1.93 bits per heavy atom. The van der Waals surface area contributed by atoms with E-state index in [2.05, 4.69) is 9.97 Å². The molecule has 0 N–H and O–H groups in total. The first-order chi connectivity index (χ1) is 14.5. The molecule has 7 nitrogen and oxygen atoms in total. The third kappa shape index (κ3) is 3.34. The number of thiazole rings is 2. The van der Waals surface area contributed by atoms with Gasteiger partial charge in [0.2, 0.25) is 0 Å². The number of fused-ring (bicyclic) bond motifs is 3. The predicted octanol–water partition coefficient (Wildman–Crippen LogP) is 3.49. The summed E-state index contributed by atoms with van der Waals surface area (Å²) in [5.74, 6) is 0. The van der Waals surface area contributed by atoms with Crippen molar-refractivity contribution >= 4 is 42.8 Å². The maximum absolute atomic E-state index is 13.3. The van der Waals surface area contributed by atoms with Crippen molar-refractivity contribution in [3.63, 3.8) is 0 Å². The Labute approximate surface area is 181 Å². The summed E-state index contributed by atoms with van der Waals surface area (Å²) in [4.78, 5) is 23.7. The van der Waals surface area contributed by atoms with Crippen molar-refractivity contribution in [2.45, 2.75) is 37.1 Å². The summed E-state index contributed by atoms with van der Waals surface area (Å²) in [6.45, 7) is -0.0565. The standard InChI is InChI=1S/C20H18N4O3S3/c25-18-12-14(22-20-24(18)16-8-4-5-9-17(16)29-20)13-23(19-21-10-11-28-19)30(26,27)15-6-2-1-3-7-15/h1-3,6-7,10-12H,4-5,8-9,13H2. The first-order valence-corrected chi connectivity index (χ1v) is 12.7. The summed E-state index contributed by atoms with van der Waals surface area (Å²) in [5, 5.41) is 2.06. The highest BCUT2D eigenvalue weighted by molar-refractivity contribution is 7.93. The number of nitrogens with zero attached hydrogens (tertiary/aromatic N) is 4. The molecule has 1 aliphatic carbocycles. The van der Waals surface area contributed by atoms with Gasteiger partial charge in [-0.05, 0) is 37.8 Å². The van der Waals surface area contributed by atoms with Crippen LogP contribution in [0.5, 0.6) is 0 Å². The van der Waals surface area contributed by atoms with Crippen molar-refractivity contribution in [1.82, 2.24) is 14.4 Å². The summed E-state index contributed by atoms with van der Waals surface area (Å²) in [5.41, 5.74) is 1.30. The van der Waals surface area contributed by atoms with Crippen molar-refractivity contribution < 1.29 is 8.42 Å². The molecule has 4 aromatic rings. The van der Waals surface area contributed by atoms with Crippen molar-refractivity contribution in [3.8, 4) is 0 Å². The molecule has 154 valence electrons. The molecule has 0 atom stereocenters. The predicted molar refractivity (Wildman–Crippen MR) is 118 cm³/mol. The molecule has 0 radical (unpaired) electrons. The summed E-state index contributed by atoms with van der Waals surface area (Å²) >= 11 is 2.76. The molecule has 0 saturated carbocycles. The highest BCUT2D eigenvalue weighted by atomic mass is 32.2. The lowest BCUT2D eigenvalue weighted by molar-refractivity contribution is 0.589. The van der Waals surface area contributed by atoms with E-state index in [0.29, 0.717) is 15.8 Å². The fraction of sp³-hybridized carbons (Fsp3) is 0.250. The van der Waals surface area contributed by atoms with Gasteiger partial charge in [-0.15, -0.1) is 22.7 Å². The van der Waals surface area contributed by atoms with Crippen LogP contribution in [0.4, 0.5) is 5.13 Å². The van der Waals surface area contributed by atoms with Gasteiger partial charge in [0, 0.05) is 28.2 Å². The number of aryl methyl sites for hydroxylation is 2. The third-order valence-corrected chi connectivity index (χ3v) is 8.89. The number of anilines is 1. The van der Waals surface area contributed by atoms with Gasteiger partial charge in [0.15, 0.2) is 10.1 Å². The molecule has 0 amide bonds. The van der Waals surface area contributed by atoms with Crippen molar-refractivity contribution in [2.24, 2.45) is 0 Å². The van der Waals surface area contributed by atoms with E-state index < -0.39 is 10.0 Å². The monoisotopic (exact) mass is 458 g/mol. The van der Waals surface area contributed by atoms with E-state index in [1.54, 1.807) is 46.3 Å². The Morgan fingerprint density at radius 1 is 1.13 bits per heavy atom. The van der Waals surface area contributed by atoms with Gasteiger partial charge >= 0.3 is 0 Å². The van der Waals surface area contributed by atoms with Crippen LogP contribution in [0.2, 0.25) is 0 Å². The minimum absolute atomic E-state index is 0.0565. The van der Waals surface area contributed by atoms with Crippen LogP contribution in [-0.2, 0) is 29.4 Å². The van der Waals surface area contributed by atoms with E-state index in [4.69, 9.17) is 0 Å². The van der Waals surface area contributed by atoms with E-state index >= 15 is 0 Å². The van der Waals surface area contributed by atoms with Crippen molar-refractivity contribution in [2.75, 3.05) is 4.31 Å². The number of hydrogen-bond donors (Lipinski definition) is 0. The Balaban J connectivity index is 1.59. The van der Waals surface area contributed by atoms with Crippen molar-refractivity contribution in [3.05, 3.63) is 74.6 Å². The zero-order valence-corrected chi connectivity index (χ0v) is 18.3. The topological polar surface area (TPSA) is 84.6 Å². The fourth-order valence-electron chi connectivity index (χ4n) is 3.68. The maximum Gasteiger partial charge on any atom is 0.266 e. The van der Waals surface area contributed by atoms with Crippen LogP contribution in [0.1, 0.15) is 29.1 Å². The van der Waals surface area contributed by atoms with Gasteiger partial charge in [0.05, 0.1) is 17.1 Å². The Morgan fingerprint density at radius 3 is 2.70 bits per heavy atom. The SMILES string of the molecule is O=c1cc(CN(c2nccs2)S(=O)(=O)c2ccccc2)nc2sc3c(n12)CCCC3. The molecule has 3 heterocycles. The fourth-order valence-corrected chi connectivity index (χ4v) is 7.20. The zero-order valence-electron chi connectivity index (χ0n) is 15.9. The lowest BCUT2D eigenvalue weighted by Crippen LogP contribution is -2.31. The molecule has 0 bridgehead atoms. The van der Waals surface area contributed by atoms with Gasteiger partial charge in [-0.3, -0.25) is 9.20 Å². The largest absolute Gasteiger partial charge is 0.269 e. The number of rotatable bonds is 5. The molecular formula is C20H18N4O3S3. The van der Waals surface area contributed by atoms with Crippen molar-refractivity contribution in [1.29, 1.82) is 0 Å². The summed E-state index contributed by atoms with van der Waals surface area (Å²) in [7, 11) is -3.85. The van der Waals surface area contributed by atoms with Crippen LogP contribution in [0.15, 0.2) is 57.7 Å². The highest BCUT2D eigenvalue weighted by Crippen LogP contribution is 2.30. The van der Waals surface area contributed by atoms with Gasteiger partial charge in [-0.1, -0.05) is 18.2 Å². The van der Waals surface area contributed by atoms with Gasteiger partial charge in [-0.2, -0.15) is 0 Å². The first-order valence-electron chi connectivity index (χ1n) is 9.54. The smallest absolute Gasteiger partial charge is 0.266 e. The van der Waals surface area contributed by atoms with Crippen LogP contribution in [0.3, 0.4) is 0 Å². The second kappa shape index (κ2) is 7.60. The Hall–Kier alpha value is -2.56. The first kappa shape index (κ1) is 19.4. The molecule has 0 saturated heterocycles. The van der Waals surface area contributed by atoms with Gasteiger partial charge < -0.3 is 0 Å². The lowest BCUT2D eigenvalue weighted by atomic mass is 10.0. The normalized spacial score (nSPS) is 14.0. The van der Waals surface area contributed by atoms with E-state index in [1.165, 1.54) is 37.9 Å². The van der Waals surface area contributed by atoms with Crippen LogP contribution in [0.25, 0.3) is 4.96 Å². The van der Waals surface area contributed by atoms with E-state index in [0.717, 1.165) is 31.4 Å². The second-order valence-corrected chi connectivity index (χ2v) is 10.8. The number of aromatic nitrogens is 3. The zero-order chi connectivity index (χ0) is 20.7. The van der Waals surface area contributed by atoms with Crippen LogP contribution < -0.4 is 9.86 Å². The number of sulfonamides is 1. The summed E-state index contributed by atoms with van der Waals surface area (Å²) < 4.78 is 29.6. The van der Waals surface area contributed by atoms with Gasteiger partial charge in [0.25, 0.3) is 15.6 Å².